The Bertz CT molecular complexity index is 848. The maximum absolute atomic E-state index is 12.9. The molecule has 1 aromatic heterocycles. The van der Waals surface area contributed by atoms with E-state index in [1.807, 2.05) is 13.8 Å². The Morgan fingerprint density at radius 1 is 1.06 bits per heavy atom. The van der Waals surface area contributed by atoms with E-state index in [1.54, 1.807) is 0 Å². The zero-order valence-corrected chi connectivity index (χ0v) is 20.0. The van der Waals surface area contributed by atoms with Crippen molar-refractivity contribution in [3.8, 4) is 0 Å². The standard InChI is InChI=1S/C20H33N7O6S/c1-10(2)5-14(20(32)33)26-18(30)13(6-11-7-23-9-24-11)25-19(31)15(8-34)27-17(29)12(21)3-4-16(22)28/h7,9-10,12-15,34H,3-6,8,21H2,1-2H3,(H2,22,28)(H,23,24)(H,25,31)(H,26,30)(H,27,29)(H,32,33). The van der Waals surface area contributed by atoms with Gasteiger partial charge in [0.05, 0.1) is 12.4 Å². The van der Waals surface area contributed by atoms with Crippen molar-refractivity contribution in [1.29, 1.82) is 0 Å². The van der Waals surface area contributed by atoms with Crippen molar-refractivity contribution in [2.45, 2.75) is 63.7 Å². The molecule has 0 spiro atoms. The van der Waals surface area contributed by atoms with Crippen molar-refractivity contribution in [3.05, 3.63) is 18.2 Å². The molecule has 4 amide bonds. The van der Waals surface area contributed by atoms with Crippen LogP contribution in [0.15, 0.2) is 12.5 Å². The molecule has 1 aromatic rings. The van der Waals surface area contributed by atoms with Crippen LogP contribution in [0.5, 0.6) is 0 Å². The predicted octanol–water partition coefficient (Wildman–Crippen LogP) is -1.94. The van der Waals surface area contributed by atoms with Gasteiger partial charge in [-0.2, -0.15) is 12.6 Å². The zero-order valence-electron chi connectivity index (χ0n) is 19.1. The predicted molar refractivity (Wildman–Crippen MR) is 125 cm³/mol. The summed E-state index contributed by atoms with van der Waals surface area (Å²) in [5, 5.41) is 16.8. The lowest BCUT2D eigenvalue weighted by Crippen LogP contribution is -2.58. The Kier molecular flexibility index (Phi) is 12.1. The number of rotatable bonds is 15. The second-order valence-electron chi connectivity index (χ2n) is 8.23. The van der Waals surface area contributed by atoms with E-state index in [0.717, 1.165) is 0 Å². The monoisotopic (exact) mass is 499 g/mol. The molecular formula is C20H33N7O6S. The molecule has 9 N–H and O–H groups in total. The first-order valence-corrected chi connectivity index (χ1v) is 11.3. The summed E-state index contributed by atoms with van der Waals surface area (Å²) >= 11 is 4.08. The normalized spacial score (nSPS) is 14.5. The summed E-state index contributed by atoms with van der Waals surface area (Å²) in [4.78, 5) is 67.1. The molecule has 1 rings (SSSR count). The molecule has 0 saturated carbocycles. The zero-order chi connectivity index (χ0) is 25.8. The Balaban J connectivity index is 2.92. The number of imidazole rings is 1. The van der Waals surface area contributed by atoms with Crippen LogP contribution in [-0.4, -0.2) is 74.6 Å². The van der Waals surface area contributed by atoms with Gasteiger partial charge < -0.3 is 37.5 Å². The molecule has 0 fully saturated rings. The topological polar surface area (TPSA) is 222 Å². The van der Waals surface area contributed by atoms with Gasteiger partial charge in [0.25, 0.3) is 0 Å². The van der Waals surface area contributed by atoms with E-state index in [-0.39, 0.29) is 37.4 Å². The Hall–Kier alpha value is -3.13. The van der Waals surface area contributed by atoms with E-state index in [9.17, 15) is 29.1 Å². The second-order valence-corrected chi connectivity index (χ2v) is 8.59. The molecule has 13 nitrogen and oxygen atoms in total. The number of nitrogens with two attached hydrogens (primary N) is 2. The van der Waals surface area contributed by atoms with Crippen LogP contribution in [0.3, 0.4) is 0 Å². The summed E-state index contributed by atoms with van der Waals surface area (Å²) in [5.74, 6) is -4.03. The van der Waals surface area contributed by atoms with Gasteiger partial charge in [-0.3, -0.25) is 19.2 Å². The van der Waals surface area contributed by atoms with Gasteiger partial charge in [-0.1, -0.05) is 13.8 Å². The van der Waals surface area contributed by atoms with Crippen molar-refractivity contribution in [3.63, 3.8) is 0 Å². The molecule has 0 bridgehead atoms. The number of primary amides is 1. The number of amides is 4. The number of hydrogen-bond acceptors (Lipinski definition) is 8. The number of nitrogens with zero attached hydrogens (tertiary/aromatic N) is 1. The minimum Gasteiger partial charge on any atom is -0.480 e. The SMILES string of the molecule is CC(C)CC(NC(=O)C(Cc1cnc[nH]1)NC(=O)C(CS)NC(=O)C(N)CCC(N)=O)C(=O)O. The lowest BCUT2D eigenvalue weighted by Gasteiger charge is -2.24. The Morgan fingerprint density at radius 2 is 1.65 bits per heavy atom. The number of carbonyl (C=O) groups is 5. The summed E-state index contributed by atoms with van der Waals surface area (Å²) < 4.78 is 0. The number of nitrogens with one attached hydrogen (secondary N) is 4. The van der Waals surface area contributed by atoms with Gasteiger partial charge in [-0.15, -0.1) is 0 Å². The third kappa shape index (κ3) is 10.2. The molecule has 0 saturated heterocycles. The highest BCUT2D eigenvalue weighted by Gasteiger charge is 2.30. The Labute approximate surface area is 202 Å². The summed E-state index contributed by atoms with van der Waals surface area (Å²) in [6, 6.07) is -4.51. The summed E-state index contributed by atoms with van der Waals surface area (Å²) in [5.41, 5.74) is 11.3. The van der Waals surface area contributed by atoms with E-state index in [4.69, 9.17) is 11.5 Å². The van der Waals surface area contributed by atoms with Crippen LogP contribution in [0.2, 0.25) is 0 Å². The average Bonchev–Trinajstić information content (AvgIpc) is 3.27. The van der Waals surface area contributed by atoms with Gasteiger partial charge >= 0.3 is 5.97 Å². The van der Waals surface area contributed by atoms with Gasteiger partial charge in [-0.05, 0) is 18.8 Å². The van der Waals surface area contributed by atoms with E-state index in [2.05, 4.69) is 38.5 Å². The second kappa shape index (κ2) is 14.2. The number of H-pyrrole nitrogens is 1. The first-order valence-electron chi connectivity index (χ1n) is 10.7. The lowest BCUT2D eigenvalue weighted by atomic mass is 10.0. The van der Waals surface area contributed by atoms with Crippen LogP contribution >= 0.6 is 12.6 Å². The molecule has 4 unspecified atom stereocenters. The first kappa shape index (κ1) is 28.9. The molecule has 14 heteroatoms. The number of aliphatic carboxylic acids is 1. The lowest BCUT2D eigenvalue weighted by molar-refractivity contribution is -0.142. The number of aromatic amines is 1. The minimum absolute atomic E-state index is 0.000635. The smallest absolute Gasteiger partial charge is 0.326 e. The van der Waals surface area contributed by atoms with Crippen LogP contribution < -0.4 is 27.4 Å². The molecule has 0 radical (unpaired) electrons. The number of aromatic nitrogens is 2. The molecule has 0 aromatic carbocycles. The average molecular weight is 500 g/mol. The summed E-state index contributed by atoms with van der Waals surface area (Å²) in [6.07, 6.45) is 2.96. The van der Waals surface area contributed by atoms with Crippen LogP contribution in [0, 0.1) is 5.92 Å². The Morgan fingerprint density at radius 3 is 2.15 bits per heavy atom. The highest BCUT2D eigenvalue weighted by atomic mass is 32.1. The van der Waals surface area contributed by atoms with Crippen molar-refractivity contribution in [2.24, 2.45) is 17.4 Å². The highest BCUT2D eigenvalue weighted by molar-refractivity contribution is 7.80. The van der Waals surface area contributed by atoms with Crippen molar-refractivity contribution in [2.75, 3.05) is 5.75 Å². The number of hydrogen-bond donors (Lipinski definition) is 8. The quantitative estimate of drug-likeness (QED) is 0.126. The van der Waals surface area contributed by atoms with Gasteiger partial charge in [0.15, 0.2) is 0 Å². The van der Waals surface area contributed by atoms with Crippen LogP contribution in [-0.2, 0) is 30.4 Å². The van der Waals surface area contributed by atoms with Gasteiger partial charge in [0.1, 0.15) is 18.1 Å². The highest BCUT2D eigenvalue weighted by Crippen LogP contribution is 2.07. The van der Waals surface area contributed by atoms with E-state index < -0.39 is 53.8 Å². The third-order valence-corrected chi connectivity index (χ3v) is 5.15. The number of carboxylic acids is 1. The first-order chi connectivity index (χ1) is 15.9. The molecule has 1 heterocycles. The van der Waals surface area contributed by atoms with Crippen LogP contribution in [0.4, 0.5) is 0 Å². The fraction of sp³-hybridized carbons (Fsp3) is 0.600. The number of carboxylic acid groups (broad SMARTS) is 1. The van der Waals surface area contributed by atoms with E-state index >= 15 is 0 Å². The van der Waals surface area contributed by atoms with E-state index in [1.165, 1.54) is 12.5 Å². The molecule has 0 aliphatic carbocycles. The third-order valence-electron chi connectivity index (χ3n) is 4.79. The molecule has 0 aliphatic heterocycles. The van der Waals surface area contributed by atoms with E-state index in [0.29, 0.717) is 5.69 Å². The maximum atomic E-state index is 12.9. The van der Waals surface area contributed by atoms with Gasteiger partial charge in [0.2, 0.25) is 23.6 Å². The summed E-state index contributed by atoms with van der Waals surface area (Å²) in [6.45, 7) is 3.64. The van der Waals surface area contributed by atoms with Crippen molar-refractivity contribution >= 4 is 42.2 Å². The van der Waals surface area contributed by atoms with Crippen LogP contribution in [0.1, 0.15) is 38.8 Å². The van der Waals surface area contributed by atoms with Gasteiger partial charge in [-0.25, -0.2) is 9.78 Å². The molecule has 4 atom stereocenters. The number of carbonyl (C=O) groups excluding carboxylic acids is 4. The number of thiol groups is 1. The van der Waals surface area contributed by atoms with Gasteiger partial charge in [0, 0.05) is 30.5 Å². The summed E-state index contributed by atoms with van der Waals surface area (Å²) in [7, 11) is 0. The van der Waals surface area contributed by atoms with Crippen molar-refractivity contribution < 1.29 is 29.1 Å². The largest absolute Gasteiger partial charge is 0.480 e. The molecule has 0 aliphatic rings. The van der Waals surface area contributed by atoms with Crippen molar-refractivity contribution in [1.82, 2.24) is 25.9 Å². The fourth-order valence-corrected chi connectivity index (χ4v) is 3.22. The maximum Gasteiger partial charge on any atom is 0.326 e. The van der Waals surface area contributed by atoms with Crippen LogP contribution in [0.25, 0.3) is 0 Å². The molecule has 34 heavy (non-hydrogen) atoms. The molecular weight excluding hydrogens is 466 g/mol. The fourth-order valence-electron chi connectivity index (χ4n) is 2.96. The minimum atomic E-state index is -1.20. The molecule has 190 valence electrons.